The number of oxazole rings is 2. The number of H-pyrrole nitrogens is 1. The molecule has 0 saturated carbocycles. The van der Waals surface area contributed by atoms with Crippen molar-refractivity contribution < 1.29 is 13.6 Å². The summed E-state index contributed by atoms with van der Waals surface area (Å²) in [6, 6.07) is 12.7. The Morgan fingerprint density at radius 3 is 2.78 bits per heavy atom. The second-order valence-electron chi connectivity index (χ2n) is 6.29. The van der Waals surface area contributed by atoms with Crippen LogP contribution in [0.3, 0.4) is 0 Å². The Morgan fingerprint density at radius 1 is 1.15 bits per heavy atom. The molecular weight excluding hydrogens is 346 g/mol. The highest BCUT2D eigenvalue weighted by Gasteiger charge is 2.16. The average Bonchev–Trinajstić information content (AvgIpc) is 3.16. The van der Waals surface area contributed by atoms with Gasteiger partial charge in [-0.05, 0) is 43.7 Å². The van der Waals surface area contributed by atoms with Crippen LogP contribution in [-0.2, 0) is 11.2 Å². The minimum atomic E-state index is -0.532. The van der Waals surface area contributed by atoms with Crippen molar-refractivity contribution >= 4 is 22.7 Å². The van der Waals surface area contributed by atoms with Gasteiger partial charge in [-0.3, -0.25) is 9.78 Å². The molecule has 2 aromatic carbocycles. The summed E-state index contributed by atoms with van der Waals surface area (Å²) in [7, 11) is 0. The maximum atomic E-state index is 12.4. The van der Waals surface area contributed by atoms with Crippen LogP contribution < -0.4 is 11.1 Å². The average molecular weight is 363 g/mol. The minimum Gasteiger partial charge on any atom is -0.441 e. The lowest BCUT2D eigenvalue weighted by molar-refractivity contribution is -0.115. The van der Waals surface area contributed by atoms with Crippen LogP contribution in [0.5, 0.6) is 0 Å². The van der Waals surface area contributed by atoms with Gasteiger partial charge in [0, 0.05) is 11.3 Å². The van der Waals surface area contributed by atoms with Crippen LogP contribution in [0.25, 0.3) is 22.6 Å². The first-order chi connectivity index (χ1) is 13.0. The Balaban J connectivity index is 1.52. The predicted molar refractivity (Wildman–Crippen MR) is 101 cm³/mol. The van der Waals surface area contributed by atoms with Gasteiger partial charge < -0.3 is 14.2 Å². The number of aryl methyl sites for hydroxylation is 2. The molecular formula is C20H17N3O4. The van der Waals surface area contributed by atoms with Crippen molar-refractivity contribution in [3.8, 4) is 11.5 Å². The van der Waals surface area contributed by atoms with Crippen LogP contribution in [0.2, 0.25) is 0 Å². The molecule has 4 aromatic rings. The molecule has 0 atom stereocenters. The summed E-state index contributed by atoms with van der Waals surface area (Å²) >= 11 is 0. The van der Waals surface area contributed by atoms with Crippen LogP contribution in [-0.4, -0.2) is 15.9 Å². The predicted octanol–water partition coefficient (Wildman–Crippen LogP) is 3.57. The lowest BCUT2D eigenvalue weighted by Crippen LogP contribution is -2.15. The van der Waals surface area contributed by atoms with E-state index in [0.29, 0.717) is 34.1 Å². The van der Waals surface area contributed by atoms with Crippen LogP contribution in [0, 0.1) is 13.8 Å². The summed E-state index contributed by atoms with van der Waals surface area (Å²) in [5, 5.41) is 2.80. The quantitative estimate of drug-likeness (QED) is 0.577. The van der Waals surface area contributed by atoms with Crippen molar-refractivity contribution in [3.05, 3.63) is 70.0 Å². The Bertz CT molecular complexity index is 1200. The largest absolute Gasteiger partial charge is 0.441 e. The molecule has 2 aromatic heterocycles. The van der Waals surface area contributed by atoms with Gasteiger partial charge in [-0.2, -0.15) is 0 Å². The van der Waals surface area contributed by atoms with E-state index in [4.69, 9.17) is 8.83 Å². The Labute approximate surface area is 154 Å². The molecule has 0 aliphatic carbocycles. The first-order valence-electron chi connectivity index (χ1n) is 8.44. The third kappa shape index (κ3) is 3.39. The van der Waals surface area contributed by atoms with Gasteiger partial charge in [-0.15, -0.1) is 0 Å². The fraction of sp³-hybridized carbons (Fsp3) is 0.150. The van der Waals surface area contributed by atoms with E-state index >= 15 is 0 Å². The maximum Gasteiger partial charge on any atom is 0.417 e. The molecule has 4 rings (SSSR count). The topological polar surface area (TPSA) is 101 Å². The van der Waals surface area contributed by atoms with Gasteiger partial charge in [0.15, 0.2) is 5.58 Å². The zero-order chi connectivity index (χ0) is 19.0. The molecule has 2 N–H and O–H groups in total. The molecule has 0 unspecified atom stereocenters. The van der Waals surface area contributed by atoms with Gasteiger partial charge in [0.05, 0.1) is 17.6 Å². The summed E-state index contributed by atoms with van der Waals surface area (Å²) in [5.41, 5.74) is 4.07. The summed E-state index contributed by atoms with van der Waals surface area (Å²) < 4.78 is 10.7. The Hall–Kier alpha value is -3.61. The van der Waals surface area contributed by atoms with Crippen LogP contribution in [0.15, 0.2) is 56.1 Å². The number of hydrogen-bond acceptors (Lipinski definition) is 5. The normalized spacial score (nSPS) is 11.0. The van der Waals surface area contributed by atoms with E-state index in [2.05, 4.69) is 15.3 Å². The lowest BCUT2D eigenvalue weighted by atomic mass is 10.1. The first kappa shape index (κ1) is 16.8. The van der Waals surface area contributed by atoms with E-state index in [1.165, 1.54) is 0 Å². The molecule has 0 fully saturated rings. The standard InChI is InChI=1S/C20H17N3O4/c1-11-5-3-4-6-14(11)19-22-15(12(2)26-19)10-18(24)21-13-7-8-17-16(9-13)23-20(25)27-17/h3-9H,10H2,1-2H3,(H,21,24)(H,23,25). The molecule has 7 heteroatoms. The van der Waals surface area contributed by atoms with Gasteiger partial charge in [0.1, 0.15) is 5.76 Å². The smallest absolute Gasteiger partial charge is 0.417 e. The number of amides is 1. The molecule has 0 saturated heterocycles. The van der Waals surface area contributed by atoms with Crippen LogP contribution in [0.1, 0.15) is 17.0 Å². The van der Waals surface area contributed by atoms with Crippen molar-refractivity contribution in [3.63, 3.8) is 0 Å². The van der Waals surface area contributed by atoms with Crippen molar-refractivity contribution in [2.75, 3.05) is 5.32 Å². The number of carbonyl (C=O) groups excluding carboxylic acids is 1. The SMILES string of the molecule is Cc1ccccc1-c1nc(CC(=O)Nc2ccc3oc(=O)[nH]c3c2)c(C)o1. The number of aromatic nitrogens is 2. The molecule has 2 heterocycles. The summed E-state index contributed by atoms with van der Waals surface area (Å²) in [5.74, 6) is 0.354. The molecule has 0 radical (unpaired) electrons. The van der Waals surface area contributed by atoms with Crippen molar-refractivity contribution in [1.29, 1.82) is 0 Å². The van der Waals surface area contributed by atoms with Gasteiger partial charge >= 0.3 is 5.76 Å². The highest BCUT2D eigenvalue weighted by molar-refractivity contribution is 5.94. The fourth-order valence-corrected chi connectivity index (χ4v) is 2.91. The molecule has 27 heavy (non-hydrogen) atoms. The minimum absolute atomic E-state index is 0.0845. The number of carbonyl (C=O) groups is 1. The van der Waals surface area contributed by atoms with Crippen molar-refractivity contribution in [2.45, 2.75) is 20.3 Å². The van der Waals surface area contributed by atoms with E-state index in [9.17, 15) is 9.59 Å². The number of fused-ring (bicyclic) bond motifs is 1. The Kier molecular flexibility index (Phi) is 4.12. The highest BCUT2D eigenvalue weighted by Crippen LogP contribution is 2.25. The van der Waals surface area contributed by atoms with Gasteiger partial charge in [-0.1, -0.05) is 18.2 Å². The first-order valence-corrected chi connectivity index (χ1v) is 8.44. The van der Waals surface area contributed by atoms with Crippen molar-refractivity contribution in [1.82, 2.24) is 9.97 Å². The molecule has 0 spiro atoms. The highest BCUT2D eigenvalue weighted by atomic mass is 16.4. The fourth-order valence-electron chi connectivity index (χ4n) is 2.91. The van der Waals surface area contributed by atoms with Crippen molar-refractivity contribution in [2.24, 2.45) is 0 Å². The third-order valence-corrected chi connectivity index (χ3v) is 4.30. The third-order valence-electron chi connectivity index (χ3n) is 4.30. The number of anilines is 1. The second kappa shape index (κ2) is 6.60. The molecule has 7 nitrogen and oxygen atoms in total. The lowest BCUT2D eigenvalue weighted by Gasteiger charge is -2.04. The second-order valence-corrected chi connectivity index (χ2v) is 6.29. The Morgan fingerprint density at radius 2 is 1.96 bits per heavy atom. The summed E-state index contributed by atoms with van der Waals surface area (Å²) in [4.78, 5) is 30.7. The summed E-state index contributed by atoms with van der Waals surface area (Å²) in [6.45, 7) is 3.78. The number of aromatic amines is 1. The number of rotatable bonds is 4. The number of nitrogens with zero attached hydrogens (tertiary/aromatic N) is 1. The van der Waals surface area contributed by atoms with E-state index in [0.717, 1.165) is 11.1 Å². The van der Waals surface area contributed by atoms with Gasteiger partial charge in [0.25, 0.3) is 0 Å². The monoisotopic (exact) mass is 363 g/mol. The zero-order valence-electron chi connectivity index (χ0n) is 14.8. The summed E-state index contributed by atoms with van der Waals surface area (Å²) in [6.07, 6.45) is 0.0845. The van der Waals surface area contributed by atoms with Crippen LogP contribution >= 0.6 is 0 Å². The number of nitrogens with one attached hydrogen (secondary N) is 2. The maximum absolute atomic E-state index is 12.4. The number of benzene rings is 2. The molecule has 0 bridgehead atoms. The molecule has 1 amide bonds. The van der Waals surface area contributed by atoms with E-state index < -0.39 is 5.76 Å². The molecule has 0 aliphatic heterocycles. The van der Waals surface area contributed by atoms with E-state index in [1.807, 2.05) is 31.2 Å². The van der Waals surface area contributed by atoms with E-state index in [1.54, 1.807) is 25.1 Å². The van der Waals surface area contributed by atoms with E-state index in [-0.39, 0.29) is 12.3 Å². The zero-order valence-corrected chi connectivity index (χ0v) is 14.8. The van der Waals surface area contributed by atoms with Gasteiger partial charge in [0.2, 0.25) is 11.8 Å². The van der Waals surface area contributed by atoms with Crippen LogP contribution in [0.4, 0.5) is 5.69 Å². The van der Waals surface area contributed by atoms with Gasteiger partial charge in [-0.25, -0.2) is 9.78 Å². The molecule has 0 aliphatic rings. The molecule has 136 valence electrons. The number of hydrogen-bond donors (Lipinski definition) is 2.